The number of hydrogen-bond acceptors (Lipinski definition) is 4. The third-order valence-corrected chi connectivity index (χ3v) is 1.57. The Hall–Kier alpha value is -0.550. The molecule has 1 aliphatic rings. The Balaban J connectivity index is 2.87. The van der Waals surface area contributed by atoms with E-state index in [9.17, 15) is 8.42 Å². The van der Waals surface area contributed by atoms with Crippen LogP contribution in [0.25, 0.3) is 0 Å². The van der Waals surface area contributed by atoms with E-state index in [0.29, 0.717) is 0 Å². The van der Waals surface area contributed by atoms with E-state index in [1.165, 1.54) is 6.20 Å². The maximum atomic E-state index is 10.3. The monoisotopic (exact) mass is 135 g/mol. The Bertz CT molecular complexity index is 193. The summed E-state index contributed by atoms with van der Waals surface area (Å²) in [6.07, 6.45) is 1.33. The highest BCUT2D eigenvalue weighted by molar-refractivity contribution is 7.89. The Morgan fingerprint density at radius 3 is 2.62 bits per heavy atom. The zero-order chi connectivity index (χ0) is 6.04. The van der Waals surface area contributed by atoms with E-state index in [1.807, 2.05) is 0 Å². The van der Waals surface area contributed by atoms with Crippen molar-refractivity contribution in [1.82, 2.24) is 5.32 Å². The molecule has 0 saturated heterocycles. The third-order valence-electron chi connectivity index (χ3n) is 0.659. The lowest BCUT2D eigenvalue weighted by molar-refractivity contribution is 0.304. The van der Waals surface area contributed by atoms with Crippen LogP contribution in [0.2, 0.25) is 0 Å². The molecule has 0 saturated carbocycles. The molecule has 46 valence electrons. The van der Waals surface area contributed by atoms with Crippen molar-refractivity contribution >= 4 is 10.1 Å². The molecule has 0 radical (unpaired) electrons. The number of hydrogen-bond donors (Lipinski definition) is 1. The predicted molar refractivity (Wildman–Crippen MR) is 27.1 cm³/mol. The zero-order valence-corrected chi connectivity index (χ0v) is 4.81. The first-order chi connectivity index (χ1) is 3.71. The van der Waals surface area contributed by atoms with Crippen molar-refractivity contribution in [2.45, 2.75) is 0 Å². The molecule has 0 aliphatic carbocycles. The van der Waals surface area contributed by atoms with Crippen LogP contribution in [0, 0.1) is 0 Å². The fraction of sp³-hybridized carbons (Fsp3) is 0.333. The van der Waals surface area contributed by atoms with Crippen LogP contribution in [0.15, 0.2) is 11.6 Å². The van der Waals surface area contributed by atoms with Gasteiger partial charge >= 0.3 is 0 Å². The molecular weight excluding hydrogens is 130 g/mol. The molecule has 1 rings (SSSR count). The molecular formula is C3H5NO3S. The second-order valence-electron chi connectivity index (χ2n) is 1.26. The standard InChI is InChI=1S/C3H5NO3S/c5-8(6)2-1-4-3-7-8/h1-2,4H,3H2. The fourth-order valence-electron chi connectivity index (χ4n) is 0.335. The van der Waals surface area contributed by atoms with Crippen molar-refractivity contribution in [3.8, 4) is 0 Å². The van der Waals surface area contributed by atoms with Crippen LogP contribution in [0.4, 0.5) is 0 Å². The maximum Gasteiger partial charge on any atom is 0.293 e. The lowest BCUT2D eigenvalue weighted by atomic mass is 11.0. The quantitative estimate of drug-likeness (QED) is 0.449. The predicted octanol–water partition coefficient (Wildman–Crippen LogP) is -0.635. The van der Waals surface area contributed by atoms with Gasteiger partial charge in [-0.25, -0.2) is 4.18 Å². The van der Waals surface area contributed by atoms with Crippen molar-refractivity contribution in [3.63, 3.8) is 0 Å². The molecule has 0 aromatic carbocycles. The van der Waals surface area contributed by atoms with Gasteiger partial charge in [0, 0.05) is 6.20 Å². The van der Waals surface area contributed by atoms with Gasteiger partial charge in [0.15, 0.2) is 0 Å². The molecule has 0 aromatic rings. The SMILES string of the molecule is O=S1(=O)C=CNCO1. The summed E-state index contributed by atoms with van der Waals surface area (Å²) in [6, 6.07) is 0. The number of rotatable bonds is 0. The summed E-state index contributed by atoms with van der Waals surface area (Å²) in [5.74, 6) is 0. The Labute approximate surface area is 47.3 Å². The first kappa shape index (κ1) is 5.58. The van der Waals surface area contributed by atoms with Crippen molar-refractivity contribution in [2.75, 3.05) is 6.73 Å². The number of nitrogens with one attached hydrogen (secondary N) is 1. The Kier molecular flexibility index (Phi) is 1.22. The fourth-order valence-corrected chi connectivity index (χ4v) is 0.909. The molecule has 8 heavy (non-hydrogen) atoms. The first-order valence-electron chi connectivity index (χ1n) is 2.00. The molecule has 1 N–H and O–H groups in total. The average Bonchev–Trinajstić information content (AvgIpc) is 1.65. The van der Waals surface area contributed by atoms with Crippen LogP contribution in [0.1, 0.15) is 0 Å². The molecule has 0 unspecified atom stereocenters. The van der Waals surface area contributed by atoms with Gasteiger partial charge in [-0.05, 0) is 0 Å². The highest BCUT2D eigenvalue weighted by Crippen LogP contribution is 1.96. The molecule has 5 heteroatoms. The summed E-state index contributed by atoms with van der Waals surface area (Å²) in [6.45, 7) is 0.0405. The topological polar surface area (TPSA) is 55.4 Å². The minimum Gasteiger partial charge on any atom is -0.367 e. The summed E-state index contributed by atoms with van der Waals surface area (Å²) in [5.41, 5.74) is 0. The van der Waals surface area contributed by atoms with Gasteiger partial charge in [-0.15, -0.1) is 0 Å². The van der Waals surface area contributed by atoms with Gasteiger partial charge in [-0.3, -0.25) is 0 Å². The van der Waals surface area contributed by atoms with Crippen LogP contribution in [0.3, 0.4) is 0 Å². The third kappa shape index (κ3) is 1.21. The van der Waals surface area contributed by atoms with Gasteiger partial charge in [-0.1, -0.05) is 0 Å². The summed E-state index contributed by atoms with van der Waals surface area (Å²) < 4.78 is 24.8. The summed E-state index contributed by atoms with van der Waals surface area (Å²) in [7, 11) is -3.33. The van der Waals surface area contributed by atoms with Gasteiger partial charge in [0.05, 0.1) is 5.41 Å². The molecule has 0 amide bonds. The molecule has 0 fully saturated rings. The molecule has 1 heterocycles. The van der Waals surface area contributed by atoms with Crippen molar-refractivity contribution < 1.29 is 12.6 Å². The van der Waals surface area contributed by atoms with E-state index in [4.69, 9.17) is 0 Å². The van der Waals surface area contributed by atoms with Gasteiger partial charge < -0.3 is 5.32 Å². The van der Waals surface area contributed by atoms with Gasteiger partial charge in [0.25, 0.3) is 10.1 Å². The largest absolute Gasteiger partial charge is 0.367 e. The molecule has 4 nitrogen and oxygen atoms in total. The van der Waals surface area contributed by atoms with Gasteiger partial charge in [0.2, 0.25) is 0 Å². The van der Waals surface area contributed by atoms with E-state index in [1.54, 1.807) is 0 Å². The molecule has 1 aliphatic heterocycles. The van der Waals surface area contributed by atoms with Gasteiger partial charge in [0.1, 0.15) is 6.73 Å². The van der Waals surface area contributed by atoms with Crippen molar-refractivity contribution in [1.29, 1.82) is 0 Å². The molecule has 0 bridgehead atoms. The summed E-state index contributed by atoms with van der Waals surface area (Å²) in [5, 5.41) is 3.53. The van der Waals surface area contributed by atoms with E-state index in [2.05, 4.69) is 9.50 Å². The van der Waals surface area contributed by atoms with Crippen LogP contribution in [-0.2, 0) is 14.3 Å². The minimum atomic E-state index is -3.33. The average molecular weight is 135 g/mol. The summed E-state index contributed by atoms with van der Waals surface area (Å²) in [4.78, 5) is 0. The van der Waals surface area contributed by atoms with E-state index in [-0.39, 0.29) is 6.73 Å². The zero-order valence-electron chi connectivity index (χ0n) is 3.99. The van der Waals surface area contributed by atoms with Crippen LogP contribution < -0.4 is 5.32 Å². The lowest BCUT2D eigenvalue weighted by Crippen LogP contribution is -2.19. The molecule has 0 atom stereocenters. The van der Waals surface area contributed by atoms with Crippen LogP contribution in [0.5, 0.6) is 0 Å². The molecule has 0 spiro atoms. The van der Waals surface area contributed by atoms with E-state index >= 15 is 0 Å². The Morgan fingerprint density at radius 1 is 1.62 bits per heavy atom. The lowest BCUT2D eigenvalue weighted by Gasteiger charge is -2.05. The second-order valence-corrected chi connectivity index (χ2v) is 2.76. The normalized spacial score (nSPS) is 24.5. The highest BCUT2D eigenvalue weighted by Gasteiger charge is 2.07. The minimum absolute atomic E-state index is 0.0405. The van der Waals surface area contributed by atoms with Crippen molar-refractivity contribution in [2.24, 2.45) is 0 Å². The highest BCUT2D eigenvalue weighted by atomic mass is 32.2. The van der Waals surface area contributed by atoms with Crippen LogP contribution >= 0.6 is 0 Å². The Morgan fingerprint density at radius 2 is 2.38 bits per heavy atom. The second kappa shape index (κ2) is 1.75. The molecule has 0 aromatic heterocycles. The summed E-state index contributed by atoms with van der Waals surface area (Å²) >= 11 is 0. The van der Waals surface area contributed by atoms with E-state index < -0.39 is 10.1 Å². The van der Waals surface area contributed by atoms with Crippen molar-refractivity contribution in [3.05, 3.63) is 11.6 Å². The smallest absolute Gasteiger partial charge is 0.293 e. The van der Waals surface area contributed by atoms with Gasteiger partial charge in [-0.2, -0.15) is 8.42 Å². The van der Waals surface area contributed by atoms with Crippen LogP contribution in [-0.4, -0.2) is 15.1 Å². The maximum absolute atomic E-state index is 10.3. The van der Waals surface area contributed by atoms with E-state index in [0.717, 1.165) is 5.41 Å². The first-order valence-corrected chi connectivity index (χ1v) is 3.47.